The van der Waals surface area contributed by atoms with Crippen LogP contribution in [0.4, 0.5) is 0 Å². The number of carbonyl (C=O) groups is 2. The maximum absolute atomic E-state index is 11.5. The van der Waals surface area contributed by atoms with Crippen molar-refractivity contribution >= 4 is 22.9 Å². The standard InChI is InChI=1S/C15H16O6/c1-15(2,3)21-13(16)8-19-10-4-5-11-9(6-10)7-12(20-11)14(17)18/h4-7H,8H2,1-3H3,(H,17,18). The molecule has 0 aliphatic rings. The lowest BCUT2D eigenvalue weighted by Gasteiger charge is -2.19. The Morgan fingerprint density at radius 3 is 2.57 bits per heavy atom. The van der Waals surface area contributed by atoms with Gasteiger partial charge in [0.2, 0.25) is 5.76 Å². The van der Waals surface area contributed by atoms with Crippen LogP contribution in [0.3, 0.4) is 0 Å². The summed E-state index contributed by atoms with van der Waals surface area (Å²) in [4.78, 5) is 22.4. The van der Waals surface area contributed by atoms with Crippen molar-refractivity contribution in [3.8, 4) is 5.75 Å². The summed E-state index contributed by atoms with van der Waals surface area (Å²) in [6, 6.07) is 6.20. The largest absolute Gasteiger partial charge is 0.482 e. The van der Waals surface area contributed by atoms with E-state index < -0.39 is 17.5 Å². The zero-order valence-corrected chi connectivity index (χ0v) is 12.0. The van der Waals surface area contributed by atoms with Gasteiger partial charge in [-0.1, -0.05) is 0 Å². The van der Waals surface area contributed by atoms with Crippen molar-refractivity contribution in [1.82, 2.24) is 0 Å². The van der Waals surface area contributed by atoms with Crippen LogP contribution in [0.1, 0.15) is 31.3 Å². The van der Waals surface area contributed by atoms with E-state index in [1.54, 1.807) is 39.0 Å². The van der Waals surface area contributed by atoms with Crippen LogP contribution < -0.4 is 4.74 Å². The summed E-state index contributed by atoms with van der Waals surface area (Å²) in [6.45, 7) is 5.11. The van der Waals surface area contributed by atoms with E-state index >= 15 is 0 Å². The van der Waals surface area contributed by atoms with Crippen molar-refractivity contribution in [3.63, 3.8) is 0 Å². The molecule has 0 aliphatic heterocycles. The van der Waals surface area contributed by atoms with Crippen molar-refractivity contribution in [2.45, 2.75) is 26.4 Å². The number of benzene rings is 1. The van der Waals surface area contributed by atoms with E-state index in [9.17, 15) is 9.59 Å². The van der Waals surface area contributed by atoms with Gasteiger partial charge in [-0.3, -0.25) is 0 Å². The molecule has 2 aromatic rings. The summed E-state index contributed by atoms with van der Waals surface area (Å²) in [5.74, 6) is -1.32. The fraction of sp³-hybridized carbons (Fsp3) is 0.333. The Kier molecular flexibility index (Phi) is 3.88. The molecule has 1 heterocycles. The molecule has 1 aromatic heterocycles. The van der Waals surface area contributed by atoms with E-state index in [4.69, 9.17) is 19.0 Å². The quantitative estimate of drug-likeness (QED) is 0.872. The third-order valence-electron chi connectivity index (χ3n) is 2.48. The molecule has 0 aliphatic carbocycles. The number of carboxylic acid groups (broad SMARTS) is 1. The number of hydrogen-bond acceptors (Lipinski definition) is 5. The number of fused-ring (bicyclic) bond motifs is 1. The van der Waals surface area contributed by atoms with Crippen LogP contribution in [0.15, 0.2) is 28.7 Å². The molecule has 1 N–H and O–H groups in total. The lowest BCUT2D eigenvalue weighted by atomic mass is 10.2. The van der Waals surface area contributed by atoms with Crippen molar-refractivity contribution in [2.75, 3.05) is 6.61 Å². The molecule has 6 nitrogen and oxygen atoms in total. The van der Waals surface area contributed by atoms with E-state index in [1.807, 2.05) is 0 Å². The first-order chi connectivity index (χ1) is 9.74. The molecule has 1 aromatic carbocycles. The van der Waals surface area contributed by atoms with E-state index in [2.05, 4.69) is 0 Å². The lowest BCUT2D eigenvalue weighted by Crippen LogP contribution is -2.27. The van der Waals surface area contributed by atoms with Crippen molar-refractivity contribution < 1.29 is 28.6 Å². The molecular weight excluding hydrogens is 276 g/mol. The van der Waals surface area contributed by atoms with Crippen LogP contribution >= 0.6 is 0 Å². The molecule has 112 valence electrons. The zero-order chi connectivity index (χ0) is 15.6. The number of hydrogen-bond donors (Lipinski definition) is 1. The average molecular weight is 292 g/mol. The van der Waals surface area contributed by atoms with Gasteiger partial charge >= 0.3 is 11.9 Å². The molecule has 0 saturated carbocycles. The maximum atomic E-state index is 11.5. The molecule has 0 atom stereocenters. The normalized spacial score (nSPS) is 11.4. The fourth-order valence-corrected chi connectivity index (χ4v) is 1.73. The molecule has 6 heteroatoms. The van der Waals surface area contributed by atoms with Gasteiger partial charge in [0.25, 0.3) is 0 Å². The highest BCUT2D eigenvalue weighted by molar-refractivity contribution is 5.91. The number of esters is 1. The Bertz CT molecular complexity index is 677. The number of ether oxygens (including phenoxy) is 2. The van der Waals surface area contributed by atoms with Gasteiger partial charge in [-0.15, -0.1) is 0 Å². The second-order valence-corrected chi connectivity index (χ2v) is 5.49. The molecule has 0 fully saturated rings. The fourth-order valence-electron chi connectivity index (χ4n) is 1.73. The van der Waals surface area contributed by atoms with Gasteiger partial charge in [0.1, 0.15) is 16.9 Å². The van der Waals surface area contributed by atoms with Gasteiger partial charge in [0.15, 0.2) is 6.61 Å². The summed E-state index contributed by atoms with van der Waals surface area (Å²) in [5, 5.41) is 9.44. The molecule has 0 unspecified atom stereocenters. The van der Waals surface area contributed by atoms with Crippen molar-refractivity contribution in [3.05, 3.63) is 30.0 Å². The number of rotatable bonds is 4. The highest BCUT2D eigenvalue weighted by atomic mass is 16.6. The topological polar surface area (TPSA) is 86.0 Å². The predicted molar refractivity (Wildman–Crippen MR) is 74.5 cm³/mol. The first-order valence-corrected chi connectivity index (χ1v) is 6.36. The summed E-state index contributed by atoms with van der Waals surface area (Å²) >= 11 is 0. The first kappa shape index (κ1) is 14.9. The first-order valence-electron chi connectivity index (χ1n) is 6.36. The Labute approximate surface area is 121 Å². The lowest BCUT2D eigenvalue weighted by molar-refractivity contribution is -0.157. The van der Waals surface area contributed by atoms with Crippen molar-refractivity contribution in [2.24, 2.45) is 0 Å². The van der Waals surface area contributed by atoms with Crippen LogP contribution in [0, 0.1) is 0 Å². The Morgan fingerprint density at radius 2 is 1.95 bits per heavy atom. The third kappa shape index (κ3) is 3.98. The zero-order valence-electron chi connectivity index (χ0n) is 12.0. The second kappa shape index (κ2) is 5.47. The van der Waals surface area contributed by atoms with Gasteiger partial charge in [-0.2, -0.15) is 0 Å². The molecule has 0 saturated heterocycles. The van der Waals surface area contributed by atoms with Gasteiger partial charge in [0, 0.05) is 5.39 Å². The van der Waals surface area contributed by atoms with E-state index in [0.717, 1.165) is 0 Å². The highest BCUT2D eigenvalue weighted by Gasteiger charge is 2.17. The minimum atomic E-state index is -1.14. The maximum Gasteiger partial charge on any atom is 0.371 e. The molecule has 0 radical (unpaired) electrons. The summed E-state index contributed by atoms with van der Waals surface area (Å²) in [5.41, 5.74) is -0.122. The number of carbonyl (C=O) groups excluding carboxylic acids is 1. The van der Waals surface area contributed by atoms with Gasteiger partial charge < -0.3 is 19.0 Å². The highest BCUT2D eigenvalue weighted by Crippen LogP contribution is 2.24. The van der Waals surface area contributed by atoms with Gasteiger partial charge in [-0.25, -0.2) is 9.59 Å². The van der Waals surface area contributed by atoms with E-state index in [-0.39, 0.29) is 12.4 Å². The minimum Gasteiger partial charge on any atom is -0.482 e. The number of aromatic carboxylic acids is 1. The third-order valence-corrected chi connectivity index (χ3v) is 2.48. The second-order valence-electron chi connectivity index (χ2n) is 5.49. The minimum absolute atomic E-state index is 0.144. The van der Waals surface area contributed by atoms with Crippen LogP contribution in [0.5, 0.6) is 5.75 Å². The van der Waals surface area contributed by atoms with Gasteiger partial charge in [-0.05, 0) is 45.0 Å². The Hall–Kier alpha value is -2.50. The van der Waals surface area contributed by atoms with Crippen LogP contribution in [0.25, 0.3) is 11.0 Å². The molecule has 0 spiro atoms. The van der Waals surface area contributed by atoms with Crippen molar-refractivity contribution in [1.29, 1.82) is 0 Å². The van der Waals surface area contributed by atoms with Crippen LogP contribution in [0.2, 0.25) is 0 Å². The van der Waals surface area contributed by atoms with Crippen LogP contribution in [-0.2, 0) is 9.53 Å². The summed E-state index contributed by atoms with van der Waals surface area (Å²) < 4.78 is 15.6. The van der Waals surface area contributed by atoms with E-state index in [0.29, 0.717) is 16.7 Å². The number of furan rings is 1. The van der Waals surface area contributed by atoms with Gasteiger partial charge in [0.05, 0.1) is 0 Å². The average Bonchev–Trinajstić information content (AvgIpc) is 2.77. The molecule has 0 amide bonds. The Balaban J connectivity index is 2.06. The smallest absolute Gasteiger partial charge is 0.371 e. The summed E-state index contributed by atoms with van der Waals surface area (Å²) in [7, 11) is 0. The van der Waals surface area contributed by atoms with Crippen LogP contribution in [-0.4, -0.2) is 29.3 Å². The molecule has 2 rings (SSSR count). The predicted octanol–water partition coefficient (Wildman–Crippen LogP) is 2.85. The molecular formula is C15H16O6. The molecule has 0 bridgehead atoms. The van der Waals surface area contributed by atoms with E-state index in [1.165, 1.54) is 6.07 Å². The summed E-state index contributed by atoms with van der Waals surface area (Å²) in [6.07, 6.45) is 0. The number of carboxylic acids is 1. The Morgan fingerprint density at radius 1 is 1.24 bits per heavy atom. The SMILES string of the molecule is CC(C)(C)OC(=O)COc1ccc2oc(C(=O)O)cc2c1. The molecule has 21 heavy (non-hydrogen) atoms. The monoisotopic (exact) mass is 292 g/mol.